The van der Waals surface area contributed by atoms with Crippen molar-refractivity contribution in [2.45, 2.75) is 18.7 Å². The van der Waals surface area contributed by atoms with Crippen LogP contribution < -0.4 is 9.73 Å². The Bertz CT molecular complexity index is 937. The fraction of sp³-hybridized carbons (Fsp3) is 0.316. The minimum absolute atomic E-state index is 0.124. The zero-order valence-corrected chi connectivity index (χ0v) is 16.1. The summed E-state index contributed by atoms with van der Waals surface area (Å²) in [6.45, 7) is 5.92. The average molecular weight is 391 g/mol. The molecular weight excluding hydrogens is 369 g/mol. The number of rotatable bonds is 5. The molecule has 1 heterocycles. The molecule has 0 saturated carbocycles. The van der Waals surface area contributed by atoms with E-state index in [2.05, 4.69) is 9.93 Å². The summed E-state index contributed by atoms with van der Waals surface area (Å²) in [6.07, 6.45) is 0. The van der Waals surface area contributed by atoms with E-state index in [9.17, 15) is 12.8 Å². The van der Waals surface area contributed by atoms with Gasteiger partial charge in [-0.25, -0.2) is 4.39 Å². The summed E-state index contributed by atoms with van der Waals surface area (Å²) in [4.78, 5) is 4.25. The highest BCUT2D eigenvalue weighted by Gasteiger charge is 2.16. The van der Waals surface area contributed by atoms with Crippen molar-refractivity contribution in [1.82, 2.24) is 4.83 Å². The largest absolute Gasteiger partial charge is 0.378 e. The number of nitrogens with zero attached hydrogens (tertiary/aromatic N) is 2. The molecule has 0 unspecified atom stereocenters. The monoisotopic (exact) mass is 391 g/mol. The second kappa shape index (κ2) is 8.06. The number of hydrogen-bond acceptors (Lipinski definition) is 5. The van der Waals surface area contributed by atoms with Gasteiger partial charge >= 0.3 is 0 Å². The topological polar surface area (TPSA) is 71.0 Å². The number of aryl methyl sites for hydroxylation is 1. The third kappa shape index (κ3) is 4.64. The van der Waals surface area contributed by atoms with Crippen LogP contribution in [0.3, 0.4) is 0 Å². The highest BCUT2D eigenvalue weighted by molar-refractivity contribution is 7.89. The van der Waals surface area contributed by atoms with Gasteiger partial charge in [0.25, 0.3) is 10.0 Å². The van der Waals surface area contributed by atoms with E-state index in [1.54, 1.807) is 31.2 Å². The van der Waals surface area contributed by atoms with E-state index in [1.807, 2.05) is 11.8 Å². The SMILES string of the molecule is C/C(=N/NS(=O)(=O)c1ccc(C)cc1)c1ccc(N2CCOCC2)c(F)c1. The number of nitrogens with one attached hydrogen (secondary N) is 1. The minimum Gasteiger partial charge on any atom is -0.378 e. The van der Waals surface area contributed by atoms with E-state index in [0.29, 0.717) is 43.3 Å². The fourth-order valence-electron chi connectivity index (χ4n) is 2.76. The van der Waals surface area contributed by atoms with Crippen LogP contribution in [0.5, 0.6) is 0 Å². The van der Waals surface area contributed by atoms with Crippen molar-refractivity contribution in [2.24, 2.45) is 5.10 Å². The van der Waals surface area contributed by atoms with Gasteiger partial charge in [-0.05, 0) is 38.1 Å². The maximum Gasteiger partial charge on any atom is 0.276 e. The Morgan fingerprint density at radius 2 is 1.81 bits per heavy atom. The first-order chi connectivity index (χ1) is 12.9. The first-order valence-electron chi connectivity index (χ1n) is 8.62. The summed E-state index contributed by atoms with van der Waals surface area (Å²) >= 11 is 0. The quantitative estimate of drug-likeness (QED) is 0.628. The van der Waals surface area contributed by atoms with Crippen molar-refractivity contribution < 1.29 is 17.5 Å². The van der Waals surface area contributed by atoms with E-state index in [4.69, 9.17) is 4.74 Å². The lowest BCUT2D eigenvalue weighted by Gasteiger charge is -2.29. The molecule has 1 N–H and O–H groups in total. The van der Waals surface area contributed by atoms with Gasteiger partial charge in [-0.3, -0.25) is 0 Å². The Labute approximate surface area is 158 Å². The molecule has 8 heteroatoms. The maximum absolute atomic E-state index is 14.5. The van der Waals surface area contributed by atoms with Gasteiger partial charge in [0.05, 0.1) is 29.5 Å². The Kier molecular flexibility index (Phi) is 5.76. The van der Waals surface area contributed by atoms with Crippen LogP contribution in [0, 0.1) is 12.7 Å². The van der Waals surface area contributed by atoms with Gasteiger partial charge in [0, 0.05) is 18.7 Å². The van der Waals surface area contributed by atoms with Gasteiger partial charge in [0.15, 0.2) is 0 Å². The second-order valence-corrected chi connectivity index (χ2v) is 8.03. The highest BCUT2D eigenvalue weighted by Crippen LogP contribution is 2.22. The molecule has 1 fully saturated rings. The minimum atomic E-state index is -3.77. The fourth-order valence-corrected chi connectivity index (χ4v) is 3.61. The van der Waals surface area contributed by atoms with E-state index in [1.165, 1.54) is 18.2 Å². The Morgan fingerprint density at radius 1 is 1.15 bits per heavy atom. The molecule has 0 amide bonds. The standard InChI is InChI=1S/C19H22FN3O3S/c1-14-3-6-17(7-4-14)27(24,25)22-21-15(2)16-5-8-19(18(20)13-16)23-9-11-26-12-10-23/h3-8,13,22H,9-12H2,1-2H3/b21-15-. The van der Waals surface area contributed by atoms with Crippen molar-refractivity contribution in [3.05, 3.63) is 59.4 Å². The molecule has 0 aromatic heterocycles. The Morgan fingerprint density at radius 3 is 2.44 bits per heavy atom. The summed E-state index contributed by atoms with van der Waals surface area (Å²) in [6, 6.07) is 11.2. The molecule has 0 atom stereocenters. The van der Waals surface area contributed by atoms with Crippen molar-refractivity contribution in [3.8, 4) is 0 Å². The molecule has 27 heavy (non-hydrogen) atoms. The van der Waals surface area contributed by atoms with Crippen LogP contribution in [0.2, 0.25) is 0 Å². The molecule has 144 valence electrons. The molecular formula is C19H22FN3O3S. The van der Waals surface area contributed by atoms with Crippen LogP contribution >= 0.6 is 0 Å². The van der Waals surface area contributed by atoms with Crippen LogP contribution in [0.25, 0.3) is 0 Å². The van der Waals surface area contributed by atoms with Crippen LogP contribution in [0.4, 0.5) is 10.1 Å². The first-order valence-corrected chi connectivity index (χ1v) is 10.1. The summed E-state index contributed by atoms with van der Waals surface area (Å²) < 4.78 is 44.4. The molecule has 0 aliphatic carbocycles. The summed E-state index contributed by atoms with van der Waals surface area (Å²) in [5.74, 6) is -0.370. The lowest BCUT2D eigenvalue weighted by atomic mass is 10.1. The molecule has 1 aliphatic heterocycles. The van der Waals surface area contributed by atoms with Gasteiger partial charge in [0.1, 0.15) is 5.82 Å². The van der Waals surface area contributed by atoms with Gasteiger partial charge in [0.2, 0.25) is 0 Å². The molecule has 3 rings (SSSR count). The molecule has 1 aliphatic rings. The summed E-state index contributed by atoms with van der Waals surface area (Å²) in [7, 11) is -3.77. The van der Waals surface area contributed by atoms with E-state index in [-0.39, 0.29) is 10.7 Å². The number of halogens is 1. The Hall–Kier alpha value is -2.45. The van der Waals surface area contributed by atoms with E-state index < -0.39 is 10.0 Å². The summed E-state index contributed by atoms with van der Waals surface area (Å²) in [5, 5.41) is 3.93. The number of ether oxygens (including phenoxy) is 1. The normalized spacial score (nSPS) is 15.7. The predicted octanol–water partition coefficient (Wildman–Crippen LogP) is 2.67. The summed E-state index contributed by atoms with van der Waals surface area (Å²) in [5.41, 5.74) is 2.36. The van der Waals surface area contributed by atoms with E-state index >= 15 is 0 Å². The molecule has 1 saturated heterocycles. The third-order valence-corrected chi connectivity index (χ3v) is 5.61. The molecule has 2 aromatic carbocycles. The van der Waals surface area contributed by atoms with Crippen LogP contribution in [0.15, 0.2) is 52.5 Å². The highest BCUT2D eigenvalue weighted by atomic mass is 32.2. The number of anilines is 1. The maximum atomic E-state index is 14.5. The van der Waals surface area contributed by atoms with Crippen molar-refractivity contribution in [1.29, 1.82) is 0 Å². The number of morpholine rings is 1. The number of benzene rings is 2. The zero-order chi connectivity index (χ0) is 19.4. The lowest BCUT2D eigenvalue weighted by molar-refractivity contribution is 0.122. The number of hydrogen-bond donors (Lipinski definition) is 1. The third-order valence-electron chi connectivity index (χ3n) is 4.38. The molecule has 6 nitrogen and oxygen atoms in total. The van der Waals surface area contributed by atoms with Crippen molar-refractivity contribution in [2.75, 3.05) is 31.2 Å². The predicted molar refractivity (Wildman–Crippen MR) is 103 cm³/mol. The first kappa shape index (κ1) is 19.3. The molecule has 0 spiro atoms. The van der Waals surface area contributed by atoms with Crippen molar-refractivity contribution >= 4 is 21.4 Å². The van der Waals surface area contributed by atoms with Gasteiger partial charge in [-0.15, -0.1) is 0 Å². The lowest BCUT2D eigenvalue weighted by Crippen LogP contribution is -2.36. The Balaban J connectivity index is 1.75. The number of sulfonamides is 1. The van der Waals surface area contributed by atoms with Crippen LogP contribution in [-0.4, -0.2) is 40.4 Å². The van der Waals surface area contributed by atoms with Gasteiger partial charge in [-0.1, -0.05) is 23.8 Å². The molecule has 0 radical (unpaired) electrons. The van der Waals surface area contributed by atoms with Gasteiger partial charge < -0.3 is 9.64 Å². The molecule has 2 aromatic rings. The van der Waals surface area contributed by atoms with Gasteiger partial charge in [-0.2, -0.15) is 18.4 Å². The van der Waals surface area contributed by atoms with Crippen LogP contribution in [-0.2, 0) is 14.8 Å². The van der Waals surface area contributed by atoms with Crippen LogP contribution in [0.1, 0.15) is 18.1 Å². The second-order valence-electron chi connectivity index (χ2n) is 6.37. The number of hydrazone groups is 1. The molecule has 0 bridgehead atoms. The van der Waals surface area contributed by atoms with Crippen molar-refractivity contribution in [3.63, 3.8) is 0 Å². The zero-order valence-electron chi connectivity index (χ0n) is 15.3. The average Bonchev–Trinajstić information content (AvgIpc) is 2.67. The smallest absolute Gasteiger partial charge is 0.276 e. The van der Waals surface area contributed by atoms with E-state index in [0.717, 1.165) is 5.56 Å².